The fourth-order valence-corrected chi connectivity index (χ4v) is 1.52. The predicted molar refractivity (Wildman–Crippen MR) is 64.0 cm³/mol. The number of carboxylic acids is 1. The highest BCUT2D eigenvalue weighted by molar-refractivity contribution is 9.10. The summed E-state index contributed by atoms with van der Waals surface area (Å²) in [6, 6.07) is 4.22. The fraction of sp³-hybridized carbons (Fsp3) is 0.364. The number of carboxylic acid groups (broad SMARTS) is 1. The summed E-state index contributed by atoms with van der Waals surface area (Å²) in [5, 5.41) is 11.9. The third-order valence-electron chi connectivity index (χ3n) is 2.23. The largest absolute Gasteiger partial charge is 0.481 e. The van der Waals surface area contributed by atoms with Crippen molar-refractivity contribution in [1.29, 1.82) is 0 Å². The van der Waals surface area contributed by atoms with E-state index in [1.54, 1.807) is 19.9 Å². The van der Waals surface area contributed by atoms with Crippen LogP contribution in [0.2, 0.25) is 0 Å². The molecule has 0 aliphatic rings. The molecule has 0 unspecified atom stereocenters. The molecule has 0 saturated heterocycles. The number of hydrogen-bond donors (Lipinski definition) is 2. The number of anilines is 1. The van der Waals surface area contributed by atoms with Gasteiger partial charge in [0.25, 0.3) is 0 Å². The molecular formula is C11H13BrFNO2. The Kier molecular flexibility index (Phi) is 3.91. The topological polar surface area (TPSA) is 49.3 Å². The quantitative estimate of drug-likeness (QED) is 0.895. The second kappa shape index (κ2) is 4.82. The highest BCUT2D eigenvalue weighted by atomic mass is 79.9. The molecule has 16 heavy (non-hydrogen) atoms. The van der Waals surface area contributed by atoms with Crippen LogP contribution in [0.5, 0.6) is 0 Å². The molecule has 5 heteroatoms. The van der Waals surface area contributed by atoms with E-state index in [1.165, 1.54) is 12.1 Å². The van der Waals surface area contributed by atoms with E-state index in [2.05, 4.69) is 21.2 Å². The summed E-state index contributed by atoms with van der Waals surface area (Å²) in [7, 11) is 0. The normalized spacial score (nSPS) is 11.2. The summed E-state index contributed by atoms with van der Waals surface area (Å²) in [6.07, 6.45) is 0. The molecule has 0 aliphatic carbocycles. The van der Waals surface area contributed by atoms with E-state index in [4.69, 9.17) is 5.11 Å². The Labute approximate surface area is 102 Å². The lowest BCUT2D eigenvalue weighted by atomic mass is 9.94. The van der Waals surface area contributed by atoms with E-state index >= 15 is 0 Å². The van der Waals surface area contributed by atoms with Gasteiger partial charge in [0.2, 0.25) is 0 Å². The molecule has 0 amide bonds. The number of nitrogens with one attached hydrogen (secondary N) is 1. The minimum Gasteiger partial charge on any atom is -0.481 e. The second-order valence-electron chi connectivity index (χ2n) is 4.17. The van der Waals surface area contributed by atoms with Crippen molar-refractivity contribution >= 4 is 27.6 Å². The zero-order valence-electron chi connectivity index (χ0n) is 9.05. The Morgan fingerprint density at radius 3 is 2.69 bits per heavy atom. The van der Waals surface area contributed by atoms with Crippen LogP contribution in [-0.4, -0.2) is 17.6 Å². The Hall–Kier alpha value is -1.10. The number of carbonyl (C=O) groups is 1. The van der Waals surface area contributed by atoms with Crippen molar-refractivity contribution in [2.75, 3.05) is 11.9 Å². The number of halogens is 2. The van der Waals surface area contributed by atoms with E-state index in [0.717, 1.165) is 0 Å². The zero-order valence-corrected chi connectivity index (χ0v) is 10.6. The van der Waals surface area contributed by atoms with Gasteiger partial charge in [0.15, 0.2) is 0 Å². The Balaban J connectivity index is 2.72. The zero-order chi connectivity index (χ0) is 12.3. The van der Waals surface area contributed by atoms with E-state index < -0.39 is 11.4 Å². The average Bonchev–Trinajstić information content (AvgIpc) is 2.16. The Bertz CT molecular complexity index is 407. The van der Waals surface area contributed by atoms with Gasteiger partial charge in [-0.2, -0.15) is 0 Å². The number of aliphatic carboxylic acids is 1. The number of rotatable bonds is 4. The first-order chi connectivity index (χ1) is 7.33. The van der Waals surface area contributed by atoms with Gasteiger partial charge < -0.3 is 10.4 Å². The molecule has 0 bridgehead atoms. The minimum atomic E-state index is -0.877. The van der Waals surface area contributed by atoms with Gasteiger partial charge >= 0.3 is 5.97 Å². The van der Waals surface area contributed by atoms with Gasteiger partial charge in [-0.3, -0.25) is 4.79 Å². The maximum atomic E-state index is 12.8. The van der Waals surface area contributed by atoms with Crippen molar-refractivity contribution in [2.45, 2.75) is 13.8 Å². The lowest BCUT2D eigenvalue weighted by Gasteiger charge is -2.20. The van der Waals surface area contributed by atoms with Gasteiger partial charge in [-0.15, -0.1) is 0 Å². The first-order valence-corrected chi connectivity index (χ1v) is 5.54. The summed E-state index contributed by atoms with van der Waals surface area (Å²) in [4.78, 5) is 10.9. The second-order valence-corrected chi connectivity index (χ2v) is 5.02. The summed E-state index contributed by atoms with van der Waals surface area (Å²) >= 11 is 3.20. The molecular weight excluding hydrogens is 277 g/mol. The van der Waals surface area contributed by atoms with Gasteiger partial charge in [-0.05, 0) is 48.0 Å². The van der Waals surface area contributed by atoms with Crippen molar-refractivity contribution in [1.82, 2.24) is 0 Å². The molecule has 0 atom stereocenters. The van der Waals surface area contributed by atoms with Gasteiger partial charge in [0.05, 0.1) is 5.41 Å². The minimum absolute atomic E-state index is 0.270. The van der Waals surface area contributed by atoms with Crippen LogP contribution >= 0.6 is 15.9 Å². The van der Waals surface area contributed by atoms with Gasteiger partial charge in [-0.1, -0.05) is 0 Å². The summed E-state index contributed by atoms with van der Waals surface area (Å²) in [5.74, 6) is -1.21. The molecule has 3 nitrogen and oxygen atoms in total. The van der Waals surface area contributed by atoms with Gasteiger partial charge in [0, 0.05) is 16.7 Å². The van der Waals surface area contributed by atoms with Crippen LogP contribution in [0, 0.1) is 11.2 Å². The Morgan fingerprint density at radius 1 is 1.56 bits per heavy atom. The van der Waals surface area contributed by atoms with Gasteiger partial charge in [0.1, 0.15) is 5.82 Å². The fourth-order valence-electron chi connectivity index (χ4n) is 1.02. The lowest BCUT2D eigenvalue weighted by molar-refractivity contribution is -0.146. The standard InChI is InChI=1S/C11H13BrFNO2/c1-11(2,10(15)16)6-14-9-4-3-7(13)5-8(9)12/h3-5,14H,6H2,1-2H3,(H,15,16). The third kappa shape index (κ3) is 3.20. The molecule has 0 heterocycles. The third-order valence-corrected chi connectivity index (χ3v) is 2.89. The Morgan fingerprint density at radius 2 is 2.19 bits per heavy atom. The van der Waals surface area contributed by atoms with Crippen molar-refractivity contribution in [3.63, 3.8) is 0 Å². The van der Waals surface area contributed by atoms with Crippen LogP contribution in [0.3, 0.4) is 0 Å². The van der Waals surface area contributed by atoms with Crippen molar-refractivity contribution in [2.24, 2.45) is 5.41 Å². The summed E-state index contributed by atoms with van der Waals surface area (Å²) < 4.78 is 13.4. The summed E-state index contributed by atoms with van der Waals surface area (Å²) in [5.41, 5.74) is -0.191. The average molecular weight is 290 g/mol. The maximum Gasteiger partial charge on any atom is 0.310 e. The lowest BCUT2D eigenvalue weighted by Crippen LogP contribution is -2.31. The molecule has 0 radical (unpaired) electrons. The van der Waals surface area contributed by atoms with E-state index in [9.17, 15) is 9.18 Å². The molecule has 0 aromatic heterocycles. The van der Waals surface area contributed by atoms with E-state index in [0.29, 0.717) is 10.2 Å². The number of benzene rings is 1. The molecule has 1 aromatic rings. The molecule has 2 N–H and O–H groups in total. The van der Waals surface area contributed by atoms with E-state index in [-0.39, 0.29) is 12.4 Å². The molecule has 0 spiro atoms. The summed E-state index contributed by atoms with van der Waals surface area (Å²) in [6.45, 7) is 3.52. The van der Waals surface area contributed by atoms with Crippen LogP contribution in [0.15, 0.2) is 22.7 Å². The first kappa shape index (κ1) is 13.0. The van der Waals surface area contributed by atoms with Crippen LogP contribution in [0.25, 0.3) is 0 Å². The SMILES string of the molecule is CC(C)(CNc1ccc(F)cc1Br)C(=O)O. The van der Waals surface area contributed by atoms with Crippen LogP contribution in [-0.2, 0) is 4.79 Å². The molecule has 88 valence electrons. The van der Waals surface area contributed by atoms with Gasteiger partial charge in [-0.25, -0.2) is 4.39 Å². The molecule has 0 aliphatic heterocycles. The van der Waals surface area contributed by atoms with Crippen molar-refractivity contribution in [3.05, 3.63) is 28.5 Å². The highest BCUT2D eigenvalue weighted by Crippen LogP contribution is 2.25. The van der Waals surface area contributed by atoms with Crippen molar-refractivity contribution in [3.8, 4) is 0 Å². The number of hydrogen-bond acceptors (Lipinski definition) is 2. The molecule has 1 aromatic carbocycles. The maximum absolute atomic E-state index is 12.8. The van der Waals surface area contributed by atoms with Crippen LogP contribution in [0.1, 0.15) is 13.8 Å². The molecule has 0 saturated carbocycles. The van der Waals surface area contributed by atoms with Crippen LogP contribution < -0.4 is 5.32 Å². The van der Waals surface area contributed by atoms with Crippen molar-refractivity contribution < 1.29 is 14.3 Å². The van der Waals surface area contributed by atoms with Crippen LogP contribution in [0.4, 0.5) is 10.1 Å². The first-order valence-electron chi connectivity index (χ1n) is 4.75. The highest BCUT2D eigenvalue weighted by Gasteiger charge is 2.26. The molecule has 1 rings (SSSR count). The van der Waals surface area contributed by atoms with E-state index in [1.807, 2.05) is 0 Å². The predicted octanol–water partition coefficient (Wildman–Crippen LogP) is 3.11. The molecule has 0 fully saturated rings. The monoisotopic (exact) mass is 289 g/mol. The smallest absolute Gasteiger partial charge is 0.310 e.